The third-order valence-electron chi connectivity index (χ3n) is 6.51. The summed E-state index contributed by atoms with van der Waals surface area (Å²) in [5.74, 6) is 1.03. The molecule has 1 aliphatic heterocycles. The minimum atomic E-state index is -0.0277. The summed E-state index contributed by atoms with van der Waals surface area (Å²) in [5, 5.41) is 1.45. The minimum absolute atomic E-state index is 0.0000939. The number of nitrogens with zero attached hydrogens (tertiary/aromatic N) is 1. The SMILES string of the molecule is C=CCC1CC(c2cccc(Cl)c2)C(c2ccc(Cl)cc2)N(CC2CCC2)C1=O. The lowest BCUT2D eigenvalue weighted by molar-refractivity contribution is -0.144. The number of likely N-dealkylation sites (tertiary alicyclic amines) is 1. The van der Waals surface area contributed by atoms with Gasteiger partial charge in [0.1, 0.15) is 0 Å². The molecular weight excluding hydrogens is 401 g/mol. The lowest BCUT2D eigenvalue weighted by Crippen LogP contribution is -2.49. The smallest absolute Gasteiger partial charge is 0.226 e. The molecule has 0 N–H and O–H groups in total. The van der Waals surface area contributed by atoms with Crippen LogP contribution in [0.15, 0.2) is 61.2 Å². The molecule has 29 heavy (non-hydrogen) atoms. The Balaban J connectivity index is 1.78. The van der Waals surface area contributed by atoms with Gasteiger partial charge in [-0.15, -0.1) is 6.58 Å². The van der Waals surface area contributed by atoms with Crippen LogP contribution in [0, 0.1) is 11.8 Å². The molecule has 0 spiro atoms. The van der Waals surface area contributed by atoms with E-state index in [-0.39, 0.29) is 23.8 Å². The Bertz CT molecular complexity index is 875. The summed E-state index contributed by atoms with van der Waals surface area (Å²) in [6.07, 6.45) is 7.09. The summed E-state index contributed by atoms with van der Waals surface area (Å²) in [7, 11) is 0. The molecule has 1 amide bonds. The number of amides is 1. The number of hydrogen-bond acceptors (Lipinski definition) is 1. The summed E-state index contributed by atoms with van der Waals surface area (Å²) >= 11 is 12.5. The quantitative estimate of drug-likeness (QED) is 0.452. The molecule has 2 aromatic carbocycles. The van der Waals surface area contributed by atoms with Crippen molar-refractivity contribution in [1.82, 2.24) is 4.90 Å². The van der Waals surface area contributed by atoms with E-state index in [2.05, 4.69) is 35.7 Å². The van der Waals surface area contributed by atoms with Crippen molar-refractivity contribution in [2.24, 2.45) is 11.8 Å². The Morgan fingerprint density at radius 2 is 1.79 bits per heavy atom. The molecule has 152 valence electrons. The van der Waals surface area contributed by atoms with Gasteiger partial charge in [-0.05, 0) is 67.0 Å². The summed E-state index contributed by atoms with van der Waals surface area (Å²) in [6, 6.07) is 16.1. The first-order valence-electron chi connectivity index (χ1n) is 10.5. The minimum Gasteiger partial charge on any atom is -0.335 e. The maximum atomic E-state index is 13.5. The summed E-state index contributed by atoms with van der Waals surface area (Å²) in [5.41, 5.74) is 2.33. The van der Waals surface area contributed by atoms with Gasteiger partial charge in [0.2, 0.25) is 5.91 Å². The summed E-state index contributed by atoms with van der Waals surface area (Å²) < 4.78 is 0. The van der Waals surface area contributed by atoms with E-state index in [1.54, 1.807) is 0 Å². The van der Waals surface area contributed by atoms with Crippen molar-refractivity contribution < 1.29 is 4.79 Å². The molecule has 0 aromatic heterocycles. The standard InChI is InChI=1S/C25H27Cl2NO/c1-2-5-20-15-23(19-8-4-9-22(27)14-19)24(18-10-12-21(26)13-11-18)28(25(20)29)16-17-6-3-7-17/h2,4,8-14,17,20,23-24H,1,3,5-7,15-16H2. The molecule has 1 heterocycles. The van der Waals surface area contributed by atoms with Crippen LogP contribution in [0.5, 0.6) is 0 Å². The molecule has 1 saturated heterocycles. The van der Waals surface area contributed by atoms with Crippen molar-refractivity contribution in [2.75, 3.05) is 6.54 Å². The zero-order valence-corrected chi connectivity index (χ0v) is 18.1. The lowest BCUT2D eigenvalue weighted by Gasteiger charge is -2.47. The van der Waals surface area contributed by atoms with Crippen LogP contribution in [-0.4, -0.2) is 17.4 Å². The van der Waals surface area contributed by atoms with Gasteiger partial charge in [-0.3, -0.25) is 4.79 Å². The first-order valence-corrected chi connectivity index (χ1v) is 11.2. The predicted octanol–water partition coefficient (Wildman–Crippen LogP) is 7.04. The Kier molecular flexibility index (Phi) is 6.32. The van der Waals surface area contributed by atoms with Crippen LogP contribution in [0.4, 0.5) is 0 Å². The van der Waals surface area contributed by atoms with Gasteiger partial charge in [-0.2, -0.15) is 0 Å². The molecule has 2 aliphatic rings. The predicted molar refractivity (Wildman–Crippen MR) is 120 cm³/mol. The van der Waals surface area contributed by atoms with Crippen LogP contribution in [0.1, 0.15) is 55.2 Å². The highest BCUT2D eigenvalue weighted by atomic mass is 35.5. The van der Waals surface area contributed by atoms with E-state index in [0.717, 1.165) is 23.6 Å². The van der Waals surface area contributed by atoms with Gasteiger partial charge in [0, 0.05) is 28.4 Å². The first kappa shape index (κ1) is 20.5. The molecule has 2 aromatic rings. The number of hydrogen-bond donors (Lipinski definition) is 0. The van der Waals surface area contributed by atoms with Crippen molar-refractivity contribution in [3.63, 3.8) is 0 Å². The number of piperidine rings is 1. The van der Waals surface area contributed by atoms with Crippen molar-refractivity contribution in [2.45, 2.75) is 44.1 Å². The lowest BCUT2D eigenvalue weighted by atomic mass is 9.74. The maximum Gasteiger partial charge on any atom is 0.226 e. The van der Waals surface area contributed by atoms with Gasteiger partial charge in [-0.25, -0.2) is 0 Å². The first-order chi connectivity index (χ1) is 14.1. The van der Waals surface area contributed by atoms with Crippen LogP contribution < -0.4 is 0 Å². The highest BCUT2D eigenvalue weighted by Crippen LogP contribution is 2.47. The Morgan fingerprint density at radius 3 is 2.41 bits per heavy atom. The Morgan fingerprint density at radius 1 is 1.03 bits per heavy atom. The van der Waals surface area contributed by atoms with Crippen LogP contribution in [-0.2, 0) is 4.79 Å². The number of allylic oxidation sites excluding steroid dienone is 1. The molecule has 2 nitrogen and oxygen atoms in total. The Hall–Kier alpha value is -1.77. The van der Waals surface area contributed by atoms with E-state index >= 15 is 0 Å². The van der Waals surface area contributed by atoms with E-state index in [1.165, 1.54) is 24.8 Å². The topological polar surface area (TPSA) is 20.3 Å². The Labute approximate surface area is 183 Å². The van der Waals surface area contributed by atoms with Gasteiger partial charge in [0.15, 0.2) is 0 Å². The fraction of sp³-hybridized carbons (Fsp3) is 0.400. The van der Waals surface area contributed by atoms with Gasteiger partial charge in [0.05, 0.1) is 6.04 Å². The number of rotatable bonds is 6. The average molecular weight is 428 g/mol. The number of carbonyl (C=O) groups excluding carboxylic acids is 1. The van der Waals surface area contributed by atoms with E-state index in [0.29, 0.717) is 17.4 Å². The van der Waals surface area contributed by atoms with Gasteiger partial charge >= 0.3 is 0 Å². The molecule has 4 rings (SSSR count). The number of benzene rings is 2. The van der Waals surface area contributed by atoms with E-state index in [1.807, 2.05) is 30.3 Å². The van der Waals surface area contributed by atoms with Crippen LogP contribution in [0.2, 0.25) is 10.0 Å². The van der Waals surface area contributed by atoms with Crippen molar-refractivity contribution in [3.8, 4) is 0 Å². The molecule has 1 saturated carbocycles. The maximum absolute atomic E-state index is 13.5. The molecule has 1 aliphatic carbocycles. The normalized spacial score (nSPS) is 25.0. The molecule has 0 bridgehead atoms. The van der Waals surface area contributed by atoms with Gasteiger partial charge in [-0.1, -0.05) is 60.0 Å². The second-order valence-electron chi connectivity index (χ2n) is 8.40. The molecule has 2 fully saturated rings. The van der Waals surface area contributed by atoms with Crippen LogP contribution in [0.25, 0.3) is 0 Å². The monoisotopic (exact) mass is 427 g/mol. The largest absolute Gasteiger partial charge is 0.335 e. The molecular formula is C25H27Cl2NO. The third-order valence-corrected chi connectivity index (χ3v) is 6.99. The molecule has 0 radical (unpaired) electrons. The summed E-state index contributed by atoms with van der Waals surface area (Å²) in [6.45, 7) is 4.73. The fourth-order valence-corrected chi connectivity index (χ4v) is 5.13. The van der Waals surface area contributed by atoms with E-state index < -0.39 is 0 Å². The second kappa shape index (κ2) is 8.93. The van der Waals surface area contributed by atoms with Crippen LogP contribution >= 0.6 is 23.2 Å². The fourth-order valence-electron chi connectivity index (χ4n) is 4.81. The van der Waals surface area contributed by atoms with Crippen molar-refractivity contribution in [3.05, 3.63) is 82.4 Å². The van der Waals surface area contributed by atoms with Crippen LogP contribution in [0.3, 0.4) is 0 Å². The summed E-state index contributed by atoms with van der Waals surface area (Å²) in [4.78, 5) is 15.7. The molecule has 4 heteroatoms. The average Bonchev–Trinajstić information content (AvgIpc) is 2.68. The molecule has 3 unspecified atom stereocenters. The highest BCUT2D eigenvalue weighted by Gasteiger charge is 2.43. The zero-order chi connectivity index (χ0) is 20.4. The number of carbonyl (C=O) groups is 1. The zero-order valence-electron chi connectivity index (χ0n) is 16.6. The second-order valence-corrected chi connectivity index (χ2v) is 9.28. The molecule has 3 atom stereocenters. The van der Waals surface area contributed by atoms with Crippen molar-refractivity contribution in [1.29, 1.82) is 0 Å². The van der Waals surface area contributed by atoms with Crippen molar-refractivity contribution >= 4 is 29.1 Å². The van der Waals surface area contributed by atoms with Gasteiger partial charge < -0.3 is 4.90 Å². The van der Waals surface area contributed by atoms with E-state index in [9.17, 15) is 4.79 Å². The van der Waals surface area contributed by atoms with Gasteiger partial charge in [0.25, 0.3) is 0 Å². The van der Waals surface area contributed by atoms with E-state index in [4.69, 9.17) is 23.2 Å². The third kappa shape index (κ3) is 4.39. The highest BCUT2D eigenvalue weighted by molar-refractivity contribution is 6.30. The number of halogens is 2.